The molecule has 0 aliphatic carbocycles. The van der Waals surface area contributed by atoms with Crippen LogP contribution in [0.3, 0.4) is 0 Å². The Morgan fingerprint density at radius 1 is 0.964 bits per heavy atom. The molecule has 3 N–H and O–H groups in total. The minimum atomic E-state index is -0.760. The summed E-state index contributed by atoms with van der Waals surface area (Å²) in [4.78, 5) is 46.7. The van der Waals surface area contributed by atoms with Gasteiger partial charge in [-0.05, 0) is 24.6 Å². The van der Waals surface area contributed by atoms with E-state index in [9.17, 15) is 19.2 Å². The second kappa shape index (κ2) is 13.0. The smallest absolute Gasteiger partial charge is 0.325 e. The van der Waals surface area contributed by atoms with Gasteiger partial charge in [-0.1, -0.05) is 43.0 Å². The highest BCUT2D eigenvalue weighted by Gasteiger charge is 2.13. The number of esters is 1. The molecule has 0 unspecified atom stereocenters. The quantitative estimate of drug-likeness (QED) is 0.364. The topological polar surface area (TPSA) is 114 Å². The minimum absolute atomic E-state index is 0.155. The van der Waals surface area contributed by atoms with Crippen LogP contribution in [-0.4, -0.2) is 49.9 Å². The normalized spacial score (nSPS) is 10.1. The molecule has 0 bridgehead atoms. The van der Waals surface area contributed by atoms with Crippen molar-refractivity contribution in [3.8, 4) is 0 Å². The lowest BCUT2D eigenvalue weighted by Gasteiger charge is -2.09. The summed E-state index contributed by atoms with van der Waals surface area (Å²) in [5, 5.41) is 7.81. The lowest BCUT2D eigenvalue weighted by molar-refractivity contribution is -0.148. The van der Waals surface area contributed by atoms with Gasteiger partial charge in [0.1, 0.15) is 6.54 Å². The predicted octanol–water partition coefficient (Wildman–Crippen LogP) is 1.69. The van der Waals surface area contributed by atoms with Crippen LogP contribution in [0.15, 0.2) is 18.2 Å². The van der Waals surface area contributed by atoms with Gasteiger partial charge in [-0.25, -0.2) is 0 Å². The van der Waals surface area contributed by atoms with E-state index in [1.807, 2.05) is 0 Å². The molecule has 1 aromatic carbocycles. The zero-order chi connectivity index (χ0) is 20.9. The molecule has 0 aliphatic rings. The third-order valence-corrected chi connectivity index (χ3v) is 4.03. The average molecular weight is 432 g/mol. The highest BCUT2D eigenvalue weighted by atomic mass is 35.5. The molecular weight excluding hydrogens is 409 g/mol. The van der Waals surface area contributed by atoms with E-state index in [4.69, 9.17) is 27.9 Å². The van der Waals surface area contributed by atoms with Crippen LogP contribution in [-0.2, 0) is 19.1 Å². The molecule has 3 amide bonds. The lowest BCUT2D eigenvalue weighted by Crippen LogP contribution is -2.40. The first-order valence-corrected chi connectivity index (χ1v) is 9.51. The fraction of sp³-hybridized carbons (Fsp3) is 0.444. The van der Waals surface area contributed by atoms with Gasteiger partial charge in [0.15, 0.2) is 6.61 Å². The number of hydrogen-bond donors (Lipinski definition) is 3. The molecular formula is C18H23Cl2N3O5. The number of rotatable bonds is 11. The second-order valence-corrected chi connectivity index (χ2v) is 6.64. The van der Waals surface area contributed by atoms with Gasteiger partial charge in [0.2, 0.25) is 5.91 Å². The summed E-state index contributed by atoms with van der Waals surface area (Å²) in [5.74, 6) is -2.31. The van der Waals surface area contributed by atoms with Crippen LogP contribution in [0.2, 0.25) is 10.0 Å². The molecule has 0 heterocycles. The van der Waals surface area contributed by atoms with Crippen molar-refractivity contribution in [2.24, 2.45) is 0 Å². The molecule has 0 saturated carbocycles. The summed E-state index contributed by atoms with van der Waals surface area (Å²) in [6, 6.07) is 4.34. The van der Waals surface area contributed by atoms with Crippen LogP contribution < -0.4 is 16.0 Å². The predicted molar refractivity (Wildman–Crippen MR) is 105 cm³/mol. The summed E-state index contributed by atoms with van der Waals surface area (Å²) >= 11 is 11.7. The Bertz CT molecular complexity index is 712. The number of carbonyl (C=O) groups is 4. The van der Waals surface area contributed by atoms with E-state index < -0.39 is 36.8 Å². The average Bonchev–Trinajstić information content (AvgIpc) is 2.66. The van der Waals surface area contributed by atoms with E-state index in [0.717, 1.165) is 19.3 Å². The van der Waals surface area contributed by atoms with E-state index in [-0.39, 0.29) is 17.1 Å². The third-order valence-electron chi connectivity index (χ3n) is 3.48. The van der Waals surface area contributed by atoms with Crippen molar-refractivity contribution in [2.45, 2.75) is 26.2 Å². The van der Waals surface area contributed by atoms with Crippen molar-refractivity contribution in [1.82, 2.24) is 16.0 Å². The van der Waals surface area contributed by atoms with Crippen LogP contribution in [0.5, 0.6) is 0 Å². The molecule has 28 heavy (non-hydrogen) atoms. The number of amides is 3. The molecule has 0 aliphatic heterocycles. The van der Waals surface area contributed by atoms with Gasteiger partial charge < -0.3 is 20.7 Å². The van der Waals surface area contributed by atoms with Crippen LogP contribution in [0.25, 0.3) is 0 Å². The van der Waals surface area contributed by atoms with Gasteiger partial charge in [0, 0.05) is 11.6 Å². The molecule has 0 radical (unpaired) electrons. The number of halogens is 2. The fourth-order valence-corrected chi connectivity index (χ4v) is 2.51. The first-order chi connectivity index (χ1) is 13.3. The largest absolute Gasteiger partial charge is 0.454 e. The van der Waals surface area contributed by atoms with E-state index in [2.05, 4.69) is 22.9 Å². The Hall–Kier alpha value is -2.32. The Labute approximate surface area is 173 Å². The summed E-state index contributed by atoms with van der Waals surface area (Å²) in [5.41, 5.74) is 0.170. The summed E-state index contributed by atoms with van der Waals surface area (Å²) in [6.45, 7) is 1.39. The third kappa shape index (κ3) is 9.57. The van der Waals surface area contributed by atoms with Gasteiger partial charge >= 0.3 is 5.97 Å². The Morgan fingerprint density at radius 2 is 1.71 bits per heavy atom. The standard InChI is InChI=1S/C18H23Cl2N3O5/c1-2-3-4-7-21-16(25)11-28-17(26)10-22-15(24)9-23-18(27)13-6-5-12(19)8-14(13)20/h5-6,8H,2-4,7,9-11H2,1H3,(H,21,25)(H,22,24)(H,23,27). The molecule has 0 aromatic heterocycles. The monoisotopic (exact) mass is 431 g/mol. The second-order valence-electron chi connectivity index (χ2n) is 5.80. The van der Waals surface area contributed by atoms with E-state index >= 15 is 0 Å². The van der Waals surface area contributed by atoms with Crippen molar-refractivity contribution >= 4 is 46.9 Å². The number of unbranched alkanes of at least 4 members (excludes halogenated alkanes) is 2. The van der Waals surface area contributed by atoms with Crippen molar-refractivity contribution in [2.75, 3.05) is 26.2 Å². The maximum atomic E-state index is 12.0. The van der Waals surface area contributed by atoms with Gasteiger partial charge in [0.25, 0.3) is 11.8 Å². The molecule has 0 saturated heterocycles. The highest BCUT2D eigenvalue weighted by molar-refractivity contribution is 6.36. The molecule has 0 fully saturated rings. The first-order valence-electron chi connectivity index (χ1n) is 8.75. The Morgan fingerprint density at radius 3 is 2.39 bits per heavy atom. The van der Waals surface area contributed by atoms with Crippen LogP contribution in [0.1, 0.15) is 36.5 Å². The molecule has 0 spiro atoms. The number of ether oxygens (including phenoxy) is 1. The van der Waals surface area contributed by atoms with Crippen molar-refractivity contribution in [3.63, 3.8) is 0 Å². The highest BCUT2D eigenvalue weighted by Crippen LogP contribution is 2.20. The van der Waals surface area contributed by atoms with Crippen molar-refractivity contribution in [1.29, 1.82) is 0 Å². The zero-order valence-corrected chi connectivity index (χ0v) is 17.0. The zero-order valence-electron chi connectivity index (χ0n) is 15.5. The molecule has 10 heteroatoms. The lowest BCUT2D eigenvalue weighted by atomic mass is 10.2. The molecule has 154 valence electrons. The van der Waals surface area contributed by atoms with Gasteiger partial charge in [-0.2, -0.15) is 0 Å². The SMILES string of the molecule is CCCCCNC(=O)COC(=O)CNC(=O)CNC(=O)c1ccc(Cl)cc1Cl. The number of nitrogens with one attached hydrogen (secondary N) is 3. The fourth-order valence-electron chi connectivity index (χ4n) is 2.01. The number of benzene rings is 1. The maximum absolute atomic E-state index is 12.0. The maximum Gasteiger partial charge on any atom is 0.325 e. The Kier molecular flexibility index (Phi) is 11.0. The van der Waals surface area contributed by atoms with Crippen LogP contribution in [0, 0.1) is 0 Å². The van der Waals surface area contributed by atoms with Crippen LogP contribution in [0.4, 0.5) is 0 Å². The van der Waals surface area contributed by atoms with Gasteiger partial charge in [-0.3, -0.25) is 19.2 Å². The summed E-state index contributed by atoms with van der Waals surface area (Å²) in [6.07, 6.45) is 2.91. The number of carbonyl (C=O) groups excluding carboxylic acids is 4. The van der Waals surface area contributed by atoms with Crippen molar-refractivity contribution in [3.05, 3.63) is 33.8 Å². The van der Waals surface area contributed by atoms with Gasteiger partial charge in [-0.15, -0.1) is 0 Å². The Balaban J connectivity index is 2.22. The van der Waals surface area contributed by atoms with Gasteiger partial charge in [0.05, 0.1) is 17.1 Å². The molecule has 0 atom stereocenters. The molecule has 1 aromatic rings. The van der Waals surface area contributed by atoms with E-state index in [1.54, 1.807) is 0 Å². The molecule has 1 rings (SSSR count). The van der Waals surface area contributed by atoms with Crippen LogP contribution >= 0.6 is 23.2 Å². The molecule has 8 nitrogen and oxygen atoms in total. The van der Waals surface area contributed by atoms with E-state index in [1.165, 1.54) is 18.2 Å². The summed E-state index contributed by atoms with van der Waals surface area (Å²) < 4.78 is 4.75. The minimum Gasteiger partial charge on any atom is -0.454 e. The number of hydrogen-bond acceptors (Lipinski definition) is 5. The van der Waals surface area contributed by atoms with E-state index in [0.29, 0.717) is 11.6 Å². The first kappa shape index (κ1) is 23.7. The summed E-state index contributed by atoms with van der Waals surface area (Å²) in [7, 11) is 0. The van der Waals surface area contributed by atoms with Crippen molar-refractivity contribution < 1.29 is 23.9 Å².